The minimum Gasteiger partial charge on any atom is -0.389 e. The maximum Gasteiger partial charge on any atom is 0.138 e. The topological polar surface area (TPSA) is 44.1 Å². The molecule has 0 saturated heterocycles. The molecule has 0 amide bonds. The molecule has 3 heteroatoms. The third-order valence-corrected chi connectivity index (χ3v) is 7.41. The van der Waals surface area contributed by atoms with E-state index < -0.39 is 6.17 Å². The lowest BCUT2D eigenvalue weighted by molar-refractivity contribution is 0.0148. The Balaban J connectivity index is 1.72. The Morgan fingerprint density at radius 3 is 2.86 bits per heavy atom. The minimum atomic E-state index is -1.03. The van der Waals surface area contributed by atoms with Crippen molar-refractivity contribution in [2.75, 3.05) is 0 Å². The summed E-state index contributed by atoms with van der Waals surface area (Å²) in [6.07, 6.45) is 9.39. The summed E-state index contributed by atoms with van der Waals surface area (Å²) < 4.78 is 14.2. The molecule has 4 rings (SSSR count). The van der Waals surface area contributed by atoms with E-state index in [2.05, 4.69) is 26.0 Å². The van der Waals surface area contributed by atoms with Crippen molar-refractivity contribution in [2.45, 2.75) is 58.2 Å². The van der Waals surface area contributed by atoms with Crippen LogP contribution < -0.4 is 0 Å². The third kappa shape index (κ3) is 1.72. The second-order valence-electron chi connectivity index (χ2n) is 8.33. The first kappa shape index (κ1) is 14.6. The summed E-state index contributed by atoms with van der Waals surface area (Å²) in [5, 5.41) is 18.1. The Labute approximate surface area is 132 Å². The van der Waals surface area contributed by atoms with Gasteiger partial charge in [-0.1, -0.05) is 37.6 Å². The van der Waals surface area contributed by atoms with Crippen molar-refractivity contribution in [3.05, 3.63) is 23.8 Å². The fourth-order valence-electron chi connectivity index (χ4n) is 6.02. The number of rotatable bonds is 0. The van der Waals surface area contributed by atoms with Gasteiger partial charge in [0.25, 0.3) is 0 Å². The molecular weight excluding hydrogens is 277 g/mol. The number of allylic oxidation sites excluding steroid dienone is 2. The molecule has 2 unspecified atom stereocenters. The SMILES string of the molecule is C[C@]12C=CC(O)CC1=CC[C@@H]1[C@H]2CC[C@]2(C)C(=N)C(F)C[C@@H]12. The Morgan fingerprint density at radius 1 is 1.32 bits per heavy atom. The van der Waals surface area contributed by atoms with Crippen molar-refractivity contribution in [1.29, 1.82) is 5.41 Å². The van der Waals surface area contributed by atoms with Crippen LogP contribution in [0.2, 0.25) is 0 Å². The molecule has 4 aliphatic carbocycles. The molecule has 2 fully saturated rings. The summed E-state index contributed by atoms with van der Waals surface area (Å²) in [5.41, 5.74) is 1.53. The number of fused-ring (bicyclic) bond motifs is 5. The van der Waals surface area contributed by atoms with Crippen molar-refractivity contribution < 1.29 is 9.50 Å². The molecule has 0 radical (unpaired) electrons. The second kappa shape index (κ2) is 4.53. The number of nitrogens with one attached hydrogen (secondary N) is 1. The quantitative estimate of drug-likeness (QED) is 0.651. The molecule has 0 heterocycles. The molecule has 2 nitrogen and oxygen atoms in total. The van der Waals surface area contributed by atoms with Gasteiger partial charge in [-0.05, 0) is 49.9 Å². The van der Waals surface area contributed by atoms with Gasteiger partial charge in [0, 0.05) is 16.5 Å². The van der Waals surface area contributed by atoms with Gasteiger partial charge >= 0.3 is 0 Å². The van der Waals surface area contributed by atoms with Gasteiger partial charge in [-0.25, -0.2) is 4.39 Å². The van der Waals surface area contributed by atoms with Crippen molar-refractivity contribution >= 4 is 5.71 Å². The third-order valence-electron chi connectivity index (χ3n) is 7.41. The fourth-order valence-corrected chi connectivity index (χ4v) is 6.02. The zero-order chi connectivity index (χ0) is 15.7. The van der Waals surface area contributed by atoms with E-state index in [4.69, 9.17) is 5.41 Å². The van der Waals surface area contributed by atoms with Gasteiger partial charge in [-0.15, -0.1) is 0 Å². The summed E-state index contributed by atoms with van der Waals surface area (Å²) in [5.74, 6) is 1.32. The number of halogens is 1. The van der Waals surface area contributed by atoms with E-state index in [-0.39, 0.29) is 16.9 Å². The zero-order valence-electron chi connectivity index (χ0n) is 13.5. The first-order valence-corrected chi connectivity index (χ1v) is 8.66. The van der Waals surface area contributed by atoms with E-state index in [0.717, 1.165) is 25.7 Å². The van der Waals surface area contributed by atoms with Crippen molar-refractivity contribution in [1.82, 2.24) is 0 Å². The smallest absolute Gasteiger partial charge is 0.138 e. The molecular formula is C19H26FNO. The van der Waals surface area contributed by atoms with Gasteiger partial charge in [0.2, 0.25) is 0 Å². The van der Waals surface area contributed by atoms with Gasteiger partial charge in [0.1, 0.15) is 6.17 Å². The van der Waals surface area contributed by atoms with Crippen LogP contribution in [0.1, 0.15) is 46.0 Å². The highest BCUT2D eigenvalue weighted by Crippen LogP contribution is 2.63. The number of alkyl halides is 1. The first-order valence-electron chi connectivity index (χ1n) is 8.66. The average Bonchev–Trinajstić information content (AvgIpc) is 2.72. The Kier molecular flexibility index (Phi) is 3.01. The molecule has 0 aliphatic heterocycles. The number of hydrogen-bond acceptors (Lipinski definition) is 2. The van der Waals surface area contributed by atoms with Crippen LogP contribution in [0.15, 0.2) is 23.8 Å². The maximum absolute atomic E-state index is 14.2. The highest BCUT2D eigenvalue weighted by molar-refractivity contribution is 5.93. The Bertz CT molecular complexity index is 582. The summed E-state index contributed by atoms with van der Waals surface area (Å²) in [6, 6.07) is 0. The maximum atomic E-state index is 14.2. The summed E-state index contributed by atoms with van der Waals surface area (Å²) in [7, 11) is 0. The monoisotopic (exact) mass is 303 g/mol. The van der Waals surface area contributed by atoms with E-state index in [1.807, 2.05) is 6.08 Å². The van der Waals surface area contributed by atoms with Gasteiger partial charge < -0.3 is 10.5 Å². The lowest BCUT2D eigenvalue weighted by Gasteiger charge is -2.55. The number of aliphatic hydroxyl groups excluding tert-OH is 1. The van der Waals surface area contributed by atoms with Gasteiger partial charge in [-0.2, -0.15) is 0 Å². The lowest BCUT2D eigenvalue weighted by atomic mass is 9.49. The van der Waals surface area contributed by atoms with Crippen LogP contribution in [0, 0.1) is 34.0 Å². The van der Waals surface area contributed by atoms with Gasteiger partial charge in [-0.3, -0.25) is 0 Å². The van der Waals surface area contributed by atoms with Crippen LogP contribution >= 0.6 is 0 Å². The zero-order valence-corrected chi connectivity index (χ0v) is 13.5. The van der Waals surface area contributed by atoms with Crippen molar-refractivity contribution in [2.24, 2.45) is 28.6 Å². The molecule has 2 N–H and O–H groups in total. The number of aliphatic hydroxyl groups is 1. The van der Waals surface area contributed by atoms with E-state index in [9.17, 15) is 9.50 Å². The van der Waals surface area contributed by atoms with Crippen LogP contribution in [0.5, 0.6) is 0 Å². The molecule has 7 atom stereocenters. The van der Waals surface area contributed by atoms with Crippen LogP contribution in [0.25, 0.3) is 0 Å². The standard InChI is InChI=1S/C19H26FNO/c1-18-7-5-12(22)9-11(18)3-4-13-14(18)6-8-19(2)15(13)10-16(20)17(19)21/h3,5,7,12-16,21-22H,4,6,8-10H2,1-2H3/t12?,13-,14-,15+,16?,18+,19+/m1/s1. The lowest BCUT2D eigenvalue weighted by Crippen LogP contribution is -2.49. The molecule has 0 bridgehead atoms. The van der Waals surface area contributed by atoms with Crippen LogP contribution in [-0.2, 0) is 0 Å². The molecule has 2 saturated carbocycles. The molecule has 120 valence electrons. The highest BCUT2D eigenvalue weighted by Gasteiger charge is 2.59. The van der Waals surface area contributed by atoms with E-state index in [1.165, 1.54) is 5.57 Å². The molecule has 0 aromatic carbocycles. The predicted octanol–water partition coefficient (Wildman–Crippen LogP) is 4.05. The molecule has 4 aliphatic rings. The average molecular weight is 303 g/mol. The Morgan fingerprint density at radius 2 is 2.09 bits per heavy atom. The summed E-state index contributed by atoms with van der Waals surface area (Å²) in [6.45, 7) is 4.42. The van der Waals surface area contributed by atoms with E-state index in [0.29, 0.717) is 29.9 Å². The fraction of sp³-hybridized carbons (Fsp3) is 0.737. The molecule has 0 aromatic rings. The molecule has 0 aromatic heterocycles. The minimum absolute atomic E-state index is 0.0278. The number of hydrogen-bond donors (Lipinski definition) is 2. The molecule has 22 heavy (non-hydrogen) atoms. The summed E-state index contributed by atoms with van der Waals surface area (Å²) in [4.78, 5) is 0. The summed E-state index contributed by atoms with van der Waals surface area (Å²) >= 11 is 0. The van der Waals surface area contributed by atoms with Crippen molar-refractivity contribution in [3.63, 3.8) is 0 Å². The van der Waals surface area contributed by atoms with Gasteiger partial charge in [0.15, 0.2) is 0 Å². The van der Waals surface area contributed by atoms with Gasteiger partial charge in [0.05, 0.1) is 6.10 Å². The van der Waals surface area contributed by atoms with E-state index in [1.54, 1.807) is 0 Å². The van der Waals surface area contributed by atoms with Crippen LogP contribution in [0.4, 0.5) is 4.39 Å². The Hall–Kier alpha value is -0.960. The highest BCUT2D eigenvalue weighted by atomic mass is 19.1. The molecule has 0 spiro atoms. The van der Waals surface area contributed by atoms with Crippen molar-refractivity contribution in [3.8, 4) is 0 Å². The second-order valence-corrected chi connectivity index (χ2v) is 8.33. The largest absolute Gasteiger partial charge is 0.389 e. The van der Waals surface area contributed by atoms with Crippen LogP contribution in [-0.4, -0.2) is 23.1 Å². The predicted molar refractivity (Wildman–Crippen MR) is 85.6 cm³/mol. The normalized spacial score (nSPS) is 53.5. The van der Waals surface area contributed by atoms with Crippen LogP contribution in [0.3, 0.4) is 0 Å². The van der Waals surface area contributed by atoms with E-state index >= 15 is 0 Å². The first-order chi connectivity index (χ1) is 10.4.